The number of benzene rings is 2. The summed E-state index contributed by atoms with van der Waals surface area (Å²) in [5.74, 6) is -5.61. The highest BCUT2D eigenvalue weighted by Crippen LogP contribution is 2.12. The lowest BCUT2D eigenvalue weighted by Crippen LogP contribution is -2.59. The molecule has 50 heavy (non-hydrogen) atoms. The molecule has 0 saturated heterocycles. The monoisotopic (exact) mass is 700 g/mol. The zero-order chi connectivity index (χ0) is 37.5. The molecule has 0 fully saturated rings. The predicted octanol–water partition coefficient (Wildman–Crippen LogP) is -1.55. The van der Waals surface area contributed by atoms with Crippen molar-refractivity contribution in [3.05, 3.63) is 65.7 Å². The Morgan fingerprint density at radius 3 is 1.74 bits per heavy atom. The van der Waals surface area contributed by atoms with Gasteiger partial charge in [0.25, 0.3) is 0 Å². The van der Waals surface area contributed by atoms with Crippen LogP contribution in [0, 0.1) is 5.92 Å². The quantitative estimate of drug-likeness (QED) is 0.0802. The van der Waals surface area contributed by atoms with Gasteiger partial charge in [0.15, 0.2) is 6.04 Å². The molecule has 0 heterocycles. The van der Waals surface area contributed by atoms with Gasteiger partial charge in [0, 0.05) is 6.42 Å². The predicted molar refractivity (Wildman–Crippen MR) is 181 cm³/mol. The third-order valence-electron chi connectivity index (χ3n) is 7.54. The van der Waals surface area contributed by atoms with E-state index in [9.17, 15) is 49.2 Å². The third kappa shape index (κ3) is 13.8. The zero-order valence-corrected chi connectivity index (χ0v) is 28.5. The van der Waals surface area contributed by atoms with Crippen molar-refractivity contribution in [1.82, 2.24) is 26.6 Å². The highest BCUT2D eigenvalue weighted by Gasteiger charge is 2.33. The maximum atomic E-state index is 13.5. The Morgan fingerprint density at radius 2 is 1.20 bits per heavy atom. The molecule has 0 bridgehead atoms. The first-order valence-electron chi connectivity index (χ1n) is 16.1. The summed E-state index contributed by atoms with van der Waals surface area (Å²) in [6.45, 7) is 5.38. The van der Waals surface area contributed by atoms with Gasteiger partial charge in [-0.25, -0.2) is 4.79 Å². The molecule has 7 atom stereocenters. The number of nitrogens with two attached hydrogens (primary N) is 1. The minimum absolute atomic E-state index is 0.0148. The molecule has 0 saturated carbocycles. The number of carbonyl (C=O) groups is 6. The molecule has 5 amide bonds. The van der Waals surface area contributed by atoms with Crippen molar-refractivity contribution < 1.29 is 49.2 Å². The number of rotatable bonds is 19. The van der Waals surface area contributed by atoms with E-state index in [2.05, 4.69) is 26.6 Å². The lowest BCUT2D eigenvalue weighted by Gasteiger charge is -2.26. The van der Waals surface area contributed by atoms with Crippen molar-refractivity contribution in [3.63, 3.8) is 0 Å². The zero-order valence-electron chi connectivity index (χ0n) is 28.5. The van der Waals surface area contributed by atoms with Gasteiger partial charge in [-0.05, 0) is 55.9 Å². The number of amides is 5. The Kier molecular flexibility index (Phi) is 16.3. The van der Waals surface area contributed by atoms with Crippen LogP contribution >= 0.6 is 0 Å². The fraction of sp³-hybridized carbons (Fsp3) is 0.471. The van der Waals surface area contributed by atoms with Crippen LogP contribution in [0.25, 0.3) is 0 Å². The molecule has 0 aliphatic rings. The van der Waals surface area contributed by atoms with Gasteiger partial charge in [-0.15, -0.1) is 0 Å². The summed E-state index contributed by atoms with van der Waals surface area (Å²) in [7, 11) is 0. The number of aliphatic hydroxyl groups is 2. The average Bonchev–Trinajstić information content (AvgIpc) is 3.04. The Bertz CT molecular complexity index is 1450. The minimum atomic E-state index is -1.62. The molecule has 16 heteroatoms. The van der Waals surface area contributed by atoms with Crippen molar-refractivity contribution in [2.24, 2.45) is 11.7 Å². The molecule has 0 radical (unpaired) electrons. The summed E-state index contributed by atoms with van der Waals surface area (Å²) in [4.78, 5) is 76.8. The summed E-state index contributed by atoms with van der Waals surface area (Å²) in [6.07, 6.45) is -2.63. The van der Waals surface area contributed by atoms with Gasteiger partial charge in [0.05, 0.1) is 24.8 Å². The second-order valence-corrected chi connectivity index (χ2v) is 12.5. The molecular weight excluding hydrogens is 652 g/mol. The maximum absolute atomic E-state index is 13.5. The van der Waals surface area contributed by atoms with Crippen LogP contribution in [0.15, 0.2) is 54.6 Å². The normalized spacial score (nSPS) is 15.3. The van der Waals surface area contributed by atoms with E-state index in [4.69, 9.17) is 5.73 Å². The van der Waals surface area contributed by atoms with Crippen molar-refractivity contribution in [1.29, 1.82) is 0 Å². The van der Waals surface area contributed by atoms with E-state index in [1.54, 1.807) is 56.3 Å². The lowest BCUT2D eigenvalue weighted by molar-refractivity contribution is -0.145. The molecule has 0 unspecified atom stereocenters. The first-order chi connectivity index (χ1) is 23.5. The Morgan fingerprint density at radius 1 is 0.660 bits per heavy atom. The summed E-state index contributed by atoms with van der Waals surface area (Å²) in [6, 6.07) is 8.01. The van der Waals surface area contributed by atoms with Crippen LogP contribution < -0.4 is 32.3 Å². The van der Waals surface area contributed by atoms with Crippen LogP contribution in [0.3, 0.4) is 0 Å². The molecule has 0 spiro atoms. The molecule has 0 aliphatic carbocycles. The molecule has 274 valence electrons. The maximum Gasteiger partial charge on any atom is 0.328 e. The second kappa shape index (κ2) is 19.8. The largest absolute Gasteiger partial charge is 0.508 e. The summed E-state index contributed by atoms with van der Waals surface area (Å²) >= 11 is 0. The molecule has 0 aromatic heterocycles. The third-order valence-corrected chi connectivity index (χ3v) is 7.54. The summed E-state index contributed by atoms with van der Waals surface area (Å²) < 4.78 is 0. The second-order valence-electron chi connectivity index (χ2n) is 12.5. The highest BCUT2D eigenvalue weighted by atomic mass is 16.4. The molecule has 16 nitrogen and oxygen atoms in total. The number of hydrogen-bond donors (Lipinski definition) is 10. The minimum Gasteiger partial charge on any atom is -0.508 e. The number of aliphatic carboxylic acids is 1. The first kappa shape index (κ1) is 41.1. The molecule has 2 aromatic rings. The van der Waals surface area contributed by atoms with Gasteiger partial charge in [0.2, 0.25) is 29.5 Å². The molecular formula is C34H48N6O10. The Labute approximate surface area is 290 Å². The van der Waals surface area contributed by atoms with Gasteiger partial charge in [0.1, 0.15) is 23.9 Å². The van der Waals surface area contributed by atoms with Gasteiger partial charge < -0.3 is 52.7 Å². The van der Waals surface area contributed by atoms with Crippen LogP contribution in [-0.4, -0.2) is 105 Å². The van der Waals surface area contributed by atoms with E-state index in [0.717, 1.165) is 0 Å². The van der Waals surface area contributed by atoms with Gasteiger partial charge in [-0.1, -0.05) is 56.3 Å². The SMILES string of the molecule is CC(C)C[C@H](NC(=O)[C@H](Cc1ccccc1)NC(=O)CNC(=O)[C@H](NC(=O)[C@H](N)Cc1ccc(O)cc1)[C@H](C)O)C(=O)N[C@H](C(=O)O)[C@H](C)O. The van der Waals surface area contributed by atoms with E-state index in [1.807, 2.05) is 0 Å². The standard InChI is InChI=1S/C34H48N6O10/c1-18(2)14-25(32(47)40-29(20(4)42)34(49)50)38-31(46)26(16-21-8-6-5-7-9-21)37-27(44)17-36-33(48)28(19(3)41)39-30(45)24(35)15-22-10-12-23(43)13-11-22/h5-13,18-20,24-26,28-29,41-43H,14-17,35H2,1-4H3,(H,36,48)(H,37,44)(H,38,46)(H,39,45)(H,40,47)(H,49,50)/t19-,20-,24+,25-,26-,28+,29-/m0/s1. The molecule has 0 aliphatic heterocycles. The number of hydrogen-bond acceptors (Lipinski definition) is 10. The van der Waals surface area contributed by atoms with Crippen molar-refractivity contribution in [2.75, 3.05) is 6.54 Å². The topological polar surface area (TPSA) is 270 Å². The van der Waals surface area contributed by atoms with Gasteiger partial charge in [-0.2, -0.15) is 0 Å². The first-order valence-corrected chi connectivity index (χ1v) is 16.1. The number of aliphatic hydroxyl groups excluding tert-OH is 2. The van der Waals surface area contributed by atoms with Crippen LogP contribution in [0.5, 0.6) is 5.75 Å². The summed E-state index contributed by atoms with van der Waals surface area (Å²) in [5, 5.41) is 50.9. The number of carboxylic acids is 1. The van der Waals surface area contributed by atoms with Crippen molar-refractivity contribution in [3.8, 4) is 5.75 Å². The Balaban J connectivity index is 2.12. The molecule has 2 aromatic carbocycles. The highest BCUT2D eigenvalue weighted by molar-refractivity contribution is 5.95. The van der Waals surface area contributed by atoms with Crippen molar-refractivity contribution >= 4 is 35.5 Å². The van der Waals surface area contributed by atoms with Gasteiger partial charge >= 0.3 is 5.97 Å². The fourth-order valence-corrected chi connectivity index (χ4v) is 4.84. The van der Waals surface area contributed by atoms with E-state index in [1.165, 1.54) is 26.0 Å². The number of carboxylic acid groups (broad SMARTS) is 1. The van der Waals surface area contributed by atoms with Crippen LogP contribution in [-0.2, 0) is 41.6 Å². The molecule has 2 rings (SSSR count). The number of aromatic hydroxyl groups is 1. The number of carbonyl (C=O) groups excluding carboxylic acids is 5. The fourth-order valence-electron chi connectivity index (χ4n) is 4.84. The molecule has 11 N–H and O–H groups in total. The van der Waals surface area contributed by atoms with E-state index < -0.39 is 84.5 Å². The van der Waals surface area contributed by atoms with Gasteiger partial charge in [-0.3, -0.25) is 24.0 Å². The smallest absolute Gasteiger partial charge is 0.328 e. The average molecular weight is 701 g/mol. The van der Waals surface area contributed by atoms with E-state index in [0.29, 0.717) is 11.1 Å². The lowest BCUT2D eigenvalue weighted by atomic mass is 10.0. The number of phenols is 1. The van der Waals surface area contributed by atoms with Crippen LogP contribution in [0.2, 0.25) is 0 Å². The van der Waals surface area contributed by atoms with Crippen LogP contribution in [0.4, 0.5) is 0 Å². The van der Waals surface area contributed by atoms with Crippen molar-refractivity contribution in [2.45, 2.75) is 89.4 Å². The van der Waals surface area contributed by atoms with E-state index >= 15 is 0 Å². The number of nitrogens with one attached hydrogen (secondary N) is 5. The summed E-state index contributed by atoms with van der Waals surface area (Å²) in [5.41, 5.74) is 7.28. The van der Waals surface area contributed by atoms with Crippen LogP contribution in [0.1, 0.15) is 45.2 Å². The van der Waals surface area contributed by atoms with E-state index in [-0.39, 0.29) is 30.9 Å². The Hall–Kier alpha value is -5.06. The number of phenolic OH excluding ortho intramolecular Hbond substituents is 1.